The van der Waals surface area contributed by atoms with Crippen molar-refractivity contribution < 1.29 is 0 Å². The van der Waals surface area contributed by atoms with Gasteiger partial charge in [-0.1, -0.05) is 24.4 Å². The van der Waals surface area contributed by atoms with Crippen molar-refractivity contribution >= 4 is 39.9 Å². The zero-order chi connectivity index (χ0) is 6.85. The maximum Gasteiger partial charge on any atom is 0.0521 e. The molecule has 0 aliphatic heterocycles. The standard InChI is InChI=1S/C6H5NS2/c7-4-1-2-5(8)6(9)3-4/h1-2,7H,3H2. The van der Waals surface area contributed by atoms with Gasteiger partial charge in [-0.2, -0.15) is 0 Å². The molecule has 1 N–H and O–H groups in total. The van der Waals surface area contributed by atoms with Crippen LogP contribution in [0, 0.1) is 5.41 Å². The Labute approximate surface area is 64.3 Å². The third-order valence-corrected chi connectivity index (χ3v) is 1.94. The molecule has 0 saturated heterocycles. The zero-order valence-electron chi connectivity index (χ0n) is 4.68. The predicted octanol–water partition coefficient (Wildman–Crippen LogP) is 1.71. The number of hydrogen-bond acceptors (Lipinski definition) is 3. The largest absolute Gasteiger partial charge is 0.305 e. The van der Waals surface area contributed by atoms with E-state index in [1.54, 1.807) is 12.2 Å². The van der Waals surface area contributed by atoms with Crippen LogP contribution >= 0.6 is 24.4 Å². The quantitative estimate of drug-likeness (QED) is 0.538. The van der Waals surface area contributed by atoms with Gasteiger partial charge in [-0.15, -0.1) is 0 Å². The molecule has 0 unspecified atom stereocenters. The van der Waals surface area contributed by atoms with Crippen LogP contribution in [0.2, 0.25) is 0 Å². The Morgan fingerprint density at radius 3 is 2.44 bits per heavy atom. The summed E-state index contributed by atoms with van der Waals surface area (Å²) >= 11 is 9.73. The van der Waals surface area contributed by atoms with E-state index in [2.05, 4.69) is 0 Å². The van der Waals surface area contributed by atoms with Crippen LogP contribution in [-0.2, 0) is 0 Å². The van der Waals surface area contributed by atoms with Crippen LogP contribution in [0.25, 0.3) is 0 Å². The molecule has 0 heterocycles. The molecule has 0 spiro atoms. The van der Waals surface area contributed by atoms with E-state index in [1.807, 2.05) is 0 Å². The van der Waals surface area contributed by atoms with Crippen molar-refractivity contribution in [3.05, 3.63) is 12.2 Å². The van der Waals surface area contributed by atoms with Crippen molar-refractivity contribution in [2.75, 3.05) is 0 Å². The number of thiocarbonyl (C=S) groups is 2. The lowest BCUT2D eigenvalue weighted by molar-refractivity contribution is 1.44. The molecule has 0 fully saturated rings. The fraction of sp³-hybridized carbons (Fsp3) is 0.167. The SMILES string of the molecule is N=C1C=CC(=S)C(=S)C1. The van der Waals surface area contributed by atoms with Crippen molar-refractivity contribution in [2.24, 2.45) is 0 Å². The monoisotopic (exact) mass is 155 g/mol. The fourth-order valence-electron chi connectivity index (χ4n) is 0.588. The van der Waals surface area contributed by atoms with Crippen LogP contribution in [0.15, 0.2) is 12.2 Å². The van der Waals surface area contributed by atoms with E-state index in [4.69, 9.17) is 29.8 Å². The highest BCUT2D eigenvalue weighted by molar-refractivity contribution is 7.89. The van der Waals surface area contributed by atoms with Crippen LogP contribution in [0.4, 0.5) is 0 Å². The van der Waals surface area contributed by atoms with Gasteiger partial charge in [-0.3, -0.25) is 0 Å². The molecule has 0 aromatic rings. The van der Waals surface area contributed by atoms with Gasteiger partial charge in [0.15, 0.2) is 0 Å². The van der Waals surface area contributed by atoms with E-state index in [0.29, 0.717) is 17.0 Å². The summed E-state index contributed by atoms with van der Waals surface area (Å²) in [5.74, 6) is 0. The topological polar surface area (TPSA) is 23.9 Å². The fourth-order valence-corrected chi connectivity index (χ4v) is 0.952. The molecule has 0 bridgehead atoms. The highest BCUT2D eigenvalue weighted by Crippen LogP contribution is 2.02. The molecule has 0 aromatic carbocycles. The minimum absolute atomic E-state index is 0.546. The van der Waals surface area contributed by atoms with Gasteiger partial charge in [0.25, 0.3) is 0 Å². The predicted molar refractivity (Wildman–Crippen MR) is 46.7 cm³/mol. The summed E-state index contributed by atoms with van der Waals surface area (Å²) in [6.07, 6.45) is 3.95. The van der Waals surface area contributed by atoms with Gasteiger partial charge in [0.1, 0.15) is 0 Å². The smallest absolute Gasteiger partial charge is 0.0521 e. The minimum atomic E-state index is 0.546. The molecule has 0 aromatic heterocycles. The summed E-state index contributed by atoms with van der Waals surface area (Å²) in [6.45, 7) is 0. The average molecular weight is 155 g/mol. The van der Waals surface area contributed by atoms with Gasteiger partial charge < -0.3 is 5.41 Å². The summed E-state index contributed by atoms with van der Waals surface area (Å²) in [6, 6.07) is 0. The van der Waals surface area contributed by atoms with E-state index in [9.17, 15) is 0 Å². The molecule has 1 aliphatic rings. The minimum Gasteiger partial charge on any atom is -0.305 e. The molecule has 0 amide bonds. The third kappa shape index (κ3) is 1.50. The lowest BCUT2D eigenvalue weighted by atomic mass is 10.1. The highest BCUT2D eigenvalue weighted by atomic mass is 32.1. The average Bonchev–Trinajstić information content (AvgIpc) is 1.80. The van der Waals surface area contributed by atoms with E-state index >= 15 is 0 Å². The molecule has 3 heteroatoms. The molecule has 0 atom stereocenters. The van der Waals surface area contributed by atoms with E-state index in [0.717, 1.165) is 4.86 Å². The number of allylic oxidation sites excluding steroid dienone is 2. The van der Waals surface area contributed by atoms with Crippen molar-refractivity contribution in [2.45, 2.75) is 6.42 Å². The van der Waals surface area contributed by atoms with Crippen LogP contribution in [0.1, 0.15) is 6.42 Å². The molecule has 46 valence electrons. The van der Waals surface area contributed by atoms with Gasteiger partial charge in [0, 0.05) is 17.0 Å². The summed E-state index contributed by atoms with van der Waals surface area (Å²) in [5.41, 5.74) is 0.550. The lowest BCUT2D eigenvalue weighted by Crippen LogP contribution is -2.15. The van der Waals surface area contributed by atoms with Crippen LogP contribution in [0.5, 0.6) is 0 Å². The number of rotatable bonds is 0. The number of nitrogens with one attached hydrogen (secondary N) is 1. The lowest BCUT2D eigenvalue weighted by Gasteiger charge is -2.05. The maximum atomic E-state index is 7.18. The Kier molecular flexibility index (Phi) is 1.83. The van der Waals surface area contributed by atoms with E-state index in [-0.39, 0.29) is 0 Å². The first-order chi connectivity index (χ1) is 4.20. The van der Waals surface area contributed by atoms with E-state index < -0.39 is 0 Å². The Morgan fingerprint density at radius 1 is 1.33 bits per heavy atom. The van der Waals surface area contributed by atoms with Gasteiger partial charge in [-0.25, -0.2) is 0 Å². The Hall–Kier alpha value is -0.410. The van der Waals surface area contributed by atoms with Gasteiger partial charge in [0.2, 0.25) is 0 Å². The first kappa shape index (κ1) is 6.71. The summed E-state index contributed by atoms with van der Waals surface area (Å²) in [5, 5.41) is 7.18. The molecule has 1 nitrogen and oxygen atoms in total. The van der Waals surface area contributed by atoms with Gasteiger partial charge in [-0.05, 0) is 12.2 Å². The first-order valence-corrected chi connectivity index (χ1v) is 3.34. The summed E-state index contributed by atoms with van der Waals surface area (Å²) in [7, 11) is 0. The second kappa shape index (κ2) is 2.45. The number of hydrogen-bond donors (Lipinski definition) is 1. The van der Waals surface area contributed by atoms with E-state index in [1.165, 1.54) is 0 Å². The van der Waals surface area contributed by atoms with Crippen LogP contribution in [-0.4, -0.2) is 15.4 Å². The molecular formula is C6H5NS2. The zero-order valence-corrected chi connectivity index (χ0v) is 6.31. The Bertz CT molecular complexity index is 215. The molecule has 0 radical (unpaired) electrons. The molecule has 1 aliphatic carbocycles. The third-order valence-electron chi connectivity index (χ3n) is 1.06. The van der Waals surface area contributed by atoms with Gasteiger partial charge in [0.05, 0.1) is 4.86 Å². The Morgan fingerprint density at radius 2 is 2.00 bits per heavy atom. The van der Waals surface area contributed by atoms with Crippen molar-refractivity contribution in [3.63, 3.8) is 0 Å². The normalized spacial score (nSPS) is 18.9. The van der Waals surface area contributed by atoms with Crippen LogP contribution < -0.4 is 0 Å². The van der Waals surface area contributed by atoms with Crippen LogP contribution in [0.3, 0.4) is 0 Å². The molecule has 0 saturated carbocycles. The van der Waals surface area contributed by atoms with Gasteiger partial charge >= 0.3 is 0 Å². The second-order valence-corrected chi connectivity index (χ2v) is 2.76. The van der Waals surface area contributed by atoms with Crippen molar-refractivity contribution in [1.29, 1.82) is 5.41 Å². The maximum absolute atomic E-state index is 7.18. The molecular weight excluding hydrogens is 150 g/mol. The summed E-state index contributed by atoms with van der Waals surface area (Å²) in [4.78, 5) is 1.43. The van der Waals surface area contributed by atoms with Crippen molar-refractivity contribution in [1.82, 2.24) is 0 Å². The first-order valence-electron chi connectivity index (χ1n) is 2.53. The summed E-state index contributed by atoms with van der Waals surface area (Å²) < 4.78 is 0. The van der Waals surface area contributed by atoms with Crippen molar-refractivity contribution in [3.8, 4) is 0 Å². The second-order valence-electron chi connectivity index (χ2n) is 1.82. The molecule has 1 rings (SSSR count). The Balaban J connectivity index is 2.89. The highest BCUT2D eigenvalue weighted by Gasteiger charge is 2.08. The molecule has 9 heavy (non-hydrogen) atoms.